The van der Waals surface area contributed by atoms with Crippen LogP contribution in [0.3, 0.4) is 0 Å². The molecule has 2 fully saturated rings. The highest BCUT2D eigenvalue weighted by Gasteiger charge is 2.37. The van der Waals surface area contributed by atoms with Gasteiger partial charge < -0.3 is 14.2 Å². The second-order valence-corrected chi connectivity index (χ2v) is 12.2. The first-order valence-corrected chi connectivity index (χ1v) is 15.2. The van der Waals surface area contributed by atoms with Crippen LogP contribution in [0.1, 0.15) is 75.8 Å². The molecule has 39 heavy (non-hydrogen) atoms. The summed E-state index contributed by atoms with van der Waals surface area (Å²) in [4.78, 5) is 28.8. The van der Waals surface area contributed by atoms with Crippen LogP contribution in [0.2, 0.25) is 0 Å². The van der Waals surface area contributed by atoms with Gasteiger partial charge in [0.25, 0.3) is 5.56 Å². The summed E-state index contributed by atoms with van der Waals surface area (Å²) in [6, 6.07) is 6.80. The van der Waals surface area contributed by atoms with Gasteiger partial charge in [0, 0.05) is 50.9 Å². The van der Waals surface area contributed by atoms with Gasteiger partial charge >= 0.3 is 0 Å². The molecule has 2 aliphatic rings. The molecule has 6 rings (SSSR count). The molecule has 0 amide bonds. The second-order valence-electron chi connectivity index (χ2n) is 11.0. The molecular weight excluding hydrogens is 510 g/mol. The molecule has 0 aliphatic carbocycles. The summed E-state index contributed by atoms with van der Waals surface area (Å²) in [5.41, 5.74) is 4.76. The molecule has 2 saturated heterocycles. The number of aryl methyl sites for hydroxylation is 2. The third kappa shape index (κ3) is 4.76. The number of fused-ring (bicyclic) bond motifs is 2. The maximum atomic E-state index is 13.1. The predicted octanol–water partition coefficient (Wildman–Crippen LogP) is 5.19. The lowest BCUT2D eigenvalue weighted by molar-refractivity contribution is -0.0390. The number of hydrogen-bond donors (Lipinski definition) is 0. The van der Waals surface area contributed by atoms with Gasteiger partial charge in [0.05, 0.1) is 28.1 Å². The normalized spacial score (nSPS) is 23.6. The zero-order valence-corrected chi connectivity index (χ0v) is 24.4. The van der Waals surface area contributed by atoms with Crippen molar-refractivity contribution in [1.29, 1.82) is 0 Å². The van der Waals surface area contributed by atoms with E-state index < -0.39 is 0 Å². The van der Waals surface area contributed by atoms with E-state index in [0.29, 0.717) is 6.04 Å². The molecule has 4 aromatic rings. The number of hydrogen-bond acceptors (Lipinski definition) is 8. The Labute approximate surface area is 233 Å². The second kappa shape index (κ2) is 10.6. The lowest BCUT2D eigenvalue weighted by atomic mass is 9.98. The molecule has 2 unspecified atom stereocenters. The molecule has 6 heterocycles. The SMILES string of the molecule is CC[C@H]1CN(C(C)c2ccc3nc(C)sc3n2)[C@H](CC)CN1c1cc(=O)n(C)c2cn(C3CCCCO3)nc12. The Hall–Kier alpha value is -2.82. The van der Waals surface area contributed by atoms with Gasteiger partial charge in [0.2, 0.25) is 0 Å². The highest BCUT2D eigenvalue weighted by atomic mass is 32.1. The fourth-order valence-corrected chi connectivity index (χ4v) is 7.10. The molecule has 4 aromatic heterocycles. The molecule has 10 heteroatoms. The highest BCUT2D eigenvalue weighted by Crippen LogP contribution is 2.35. The van der Waals surface area contributed by atoms with Crippen molar-refractivity contribution in [2.24, 2.45) is 7.05 Å². The Kier molecular flexibility index (Phi) is 7.20. The number of rotatable bonds is 6. The lowest BCUT2D eigenvalue weighted by Crippen LogP contribution is -2.58. The van der Waals surface area contributed by atoms with Crippen LogP contribution >= 0.6 is 11.3 Å². The maximum Gasteiger partial charge on any atom is 0.252 e. The fraction of sp³-hybridized carbons (Fsp3) is 0.586. The van der Waals surface area contributed by atoms with Crippen molar-refractivity contribution in [3.05, 3.63) is 45.5 Å². The minimum Gasteiger partial charge on any atom is -0.364 e. The molecule has 9 nitrogen and oxygen atoms in total. The van der Waals surface area contributed by atoms with Gasteiger partial charge in [-0.3, -0.25) is 9.69 Å². The molecule has 0 radical (unpaired) electrons. The summed E-state index contributed by atoms with van der Waals surface area (Å²) in [5.74, 6) is 0. The van der Waals surface area contributed by atoms with E-state index >= 15 is 0 Å². The zero-order valence-electron chi connectivity index (χ0n) is 23.6. The van der Waals surface area contributed by atoms with Crippen molar-refractivity contribution in [1.82, 2.24) is 29.2 Å². The standard InChI is InChI=1S/C29H39N7O2S/c1-6-20-16-35(21(7-2)15-34(20)18(3)22-11-12-23-29(31-22)39-19(4)30-23)24-14-26(37)33(5)25-17-36(32-28(24)25)27-10-8-9-13-38-27/h11-12,14,17-18,20-21,27H,6-10,13,15-16H2,1-5H3/t18?,20-,21+,27?/m1/s1. The summed E-state index contributed by atoms with van der Waals surface area (Å²) in [5, 5.41) is 6.08. The average molecular weight is 550 g/mol. The summed E-state index contributed by atoms with van der Waals surface area (Å²) in [7, 11) is 1.84. The molecular formula is C29H39N7O2S. The van der Waals surface area contributed by atoms with Gasteiger partial charge in [0.1, 0.15) is 22.1 Å². The Morgan fingerprint density at radius 1 is 1.13 bits per heavy atom. The number of thiazole rings is 1. The van der Waals surface area contributed by atoms with E-state index in [1.165, 1.54) is 0 Å². The Bertz CT molecular complexity index is 1540. The third-order valence-electron chi connectivity index (χ3n) is 8.66. The van der Waals surface area contributed by atoms with Crippen molar-refractivity contribution in [2.75, 3.05) is 24.6 Å². The van der Waals surface area contributed by atoms with Crippen molar-refractivity contribution >= 4 is 38.4 Å². The van der Waals surface area contributed by atoms with Gasteiger partial charge in [-0.25, -0.2) is 14.6 Å². The van der Waals surface area contributed by atoms with Crippen LogP contribution in [0.15, 0.2) is 29.2 Å². The molecule has 208 valence electrons. The molecule has 2 aliphatic heterocycles. The number of anilines is 1. The molecule has 0 N–H and O–H groups in total. The molecule has 0 aromatic carbocycles. The summed E-state index contributed by atoms with van der Waals surface area (Å²) in [6.07, 6.45) is 7.09. The van der Waals surface area contributed by atoms with Crippen molar-refractivity contribution < 1.29 is 4.74 Å². The van der Waals surface area contributed by atoms with Crippen LogP contribution in [-0.2, 0) is 11.8 Å². The maximum absolute atomic E-state index is 13.1. The fourth-order valence-electron chi connectivity index (χ4n) is 6.31. The monoisotopic (exact) mass is 549 g/mol. The van der Waals surface area contributed by atoms with Crippen LogP contribution in [-0.4, -0.2) is 61.0 Å². The van der Waals surface area contributed by atoms with Crippen molar-refractivity contribution in [3.63, 3.8) is 0 Å². The molecule has 0 saturated carbocycles. The quantitative estimate of drug-likeness (QED) is 0.327. The van der Waals surface area contributed by atoms with Crippen molar-refractivity contribution in [2.45, 2.75) is 84.2 Å². The summed E-state index contributed by atoms with van der Waals surface area (Å²) >= 11 is 1.66. The first-order chi connectivity index (χ1) is 18.9. The Morgan fingerprint density at radius 3 is 2.69 bits per heavy atom. The van der Waals surface area contributed by atoms with Gasteiger partial charge in [-0.15, -0.1) is 0 Å². The van der Waals surface area contributed by atoms with E-state index in [1.807, 2.05) is 24.9 Å². The van der Waals surface area contributed by atoms with E-state index in [0.717, 1.165) is 89.6 Å². The first kappa shape index (κ1) is 26.4. The largest absolute Gasteiger partial charge is 0.364 e. The van der Waals surface area contributed by atoms with Crippen LogP contribution in [0.4, 0.5) is 5.69 Å². The Balaban J connectivity index is 1.34. The van der Waals surface area contributed by atoms with Crippen LogP contribution < -0.4 is 10.5 Å². The van der Waals surface area contributed by atoms with Crippen LogP contribution in [0.5, 0.6) is 0 Å². The van der Waals surface area contributed by atoms with E-state index in [9.17, 15) is 4.79 Å². The minimum atomic E-state index is -0.0654. The molecule has 0 bridgehead atoms. The van der Waals surface area contributed by atoms with Gasteiger partial charge in [-0.05, 0) is 58.1 Å². The van der Waals surface area contributed by atoms with E-state index in [4.69, 9.17) is 14.8 Å². The topological polar surface area (TPSA) is 81.3 Å². The van der Waals surface area contributed by atoms with Gasteiger partial charge in [0.15, 0.2) is 0 Å². The van der Waals surface area contributed by atoms with Crippen molar-refractivity contribution in [3.8, 4) is 0 Å². The number of nitrogens with zero attached hydrogens (tertiary/aromatic N) is 7. The van der Waals surface area contributed by atoms with E-state index in [-0.39, 0.29) is 23.9 Å². The van der Waals surface area contributed by atoms with Crippen LogP contribution in [0.25, 0.3) is 21.4 Å². The van der Waals surface area contributed by atoms with E-state index in [2.05, 4.69) is 47.7 Å². The lowest BCUT2D eigenvalue weighted by Gasteiger charge is -2.49. The number of ether oxygens (including phenoxy) is 1. The Morgan fingerprint density at radius 2 is 1.95 bits per heavy atom. The number of piperazine rings is 1. The highest BCUT2D eigenvalue weighted by molar-refractivity contribution is 7.18. The van der Waals surface area contributed by atoms with Gasteiger partial charge in [-0.2, -0.15) is 5.10 Å². The summed E-state index contributed by atoms with van der Waals surface area (Å²) in [6.45, 7) is 11.3. The number of aromatic nitrogens is 5. The van der Waals surface area contributed by atoms with E-state index in [1.54, 1.807) is 22.0 Å². The summed E-state index contributed by atoms with van der Waals surface area (Å²) < 4.78 is 9.67. The average Bonchev–Trinajstić information content (AvgIpc) is 3.57. The molecule has 0 spiro atoms. The molecule has 4 atom stereocenters. The smallest absolute Gasteiger partial charge is 0.252 e. The minimum absolute atomic E-state index is 0.00216. The first-order valence-electron chi connectivity index (χ1n) is 14.3. The number of pyridine rings is 2. The predicted molar refractivity (Wildman–Crippen MR) is 157 cm³/mol. The third-order valence-corrected chi connectivity index (χ3v) is 9.54. The zero-order chi connectivity index (χ0) is 27.3. The van der Waals surface area contributed by atoms with Crippen LogP contribution in [0, 0.1) is 6.92 Å². The van der Waals surface area contributed by atoms with Gasteiger partial charge in [-0.1, -0.05) is 25.2 Å².